The Labute approximate surface area is 263 Å². The fourth-order valence-corrected chi connectivity index (χ4v) is 5.98. The number of likely N-dealkylation sites (tertiary alicyclic amines) is 1. The zero-order valence-corrected chi connectivity index (χ0v) is 26.2. The Morgan fingerprint density at radius 3 is 2.28 bits per heavy atom. The maximum atomic E-state index is 13.4. The van der Waals surface area contributed by atoms with Crippen molar-refractivity contribution in [3.8, 4) is 22.6 Å². The quantitative estimate of drug-likeness (QED) is 0.262. The van der Waals surface area contributed by atoms with Gasteiger partial charge in [-0.2, -0.15) is 5.10 Å². The van der Waals surface area contributed by atoms with Crippen LogP contribution in [0.1, 0.15) is 35.1 Å². The molecule has 0 amide bonds. The number of rotatable bonds is 7. The Kier molecular flexibility index (Phi) is 9.83. The lowest BCUT2D eigenvalue weighted by Gasteiger charge is -2.38. The van der Waals surface area contributed by atoms with Crippen LogP contribution in [0.4, 0.5) is 0 Å². The van der Waals surface area contributed by atoms with E-state index < -0.39 is 5.60 Å². The fourth-order valence-electron chi connectivity index (χ4n) is 5.98. The van der Waals surface area contributed by atoms with Gasteiger partial charge in [0.1, 0.15) is 11.3 Å². The van der Waals surface area contributed by atoms with Gasteiger partial charge in [-0.3, -0.25) is 18.9 Å². The molecule has 1 saturated heterocycles. The number of piperidine rings is 1. The van der Waals surface area contributed by atoms with E-state index in [1.54, 1.807) is 17.3 Å². The molecule has 1 aliphatic rings. The van der Waals surface area contributed by atoms with Gasteiger partial charge in [-0.15, -0.1) is 24.8 Å². The number of nitrogens with two attached hydrogens (primary N) is 1. The van der Waals surface area contributed by atoms with Crippen molar-refractivity contribution in [1.29, 1.82) is 0 Å². The molecule has 43 heavy (non-hydrogen) atoms. The van der Waals surface area contributed by atoms with Crippen molar-refractivity contribution < 1.29 is 9.52 Å². The van der Waals surface area contributed by atoms with Gasteiger partial charge in [0, 0.05) is 44.4 Å². The van der Waals surface area contributed by atoms with E-state index in [1.807, 2.05) is 43.4 Å². The third-order valence-electron chi connectivity index (χ3n) is 8.41. The largest absolute Gasteiger partial charge is 0.464 e. The number of halogens is 2. The van der Waals surface area contributed by atoms with Crippen molar-refractivity contribution in [3.05, 3.63) is 93.7 Å². The highest BCUT2D eigenvalue weighted by Gasteiger charge is 2.34. The molecule has 1 aliphatic heterocycles. The summed E-state index contributed by atoms with van der Waals surface area (Å²) in [6.07, 6.45) is 4.38. The van der Waals surface area contributed by atoms with Crippen molar-refractivity contribution in [2.45, 2.75) is 51.9 Å². The number of aromatic nitrogens is 4. The molecular weight excluding hydrogens is 587 g/mol. The molecule has 5 aromatic rings. The topological polar surface area (TPSA) is 115 Å². The van der Waals surface area contributed by atoms with Crippen molar-refractivity contribution in [1.82, 2.24) is 24.2 Å². The number of benzene rings is 2. The summed E-state index contributed by atoms with van der Waals surface area (Å²) in [5, 5.41) is 16.0. The van der Waals surface area contributed by atoms with Crippen LogP contribution in [0.2, 0.25) is 0 Å². The normalized spacial score (nSPS) is 14.8. The van der Waals surface area contributed by atoms with Gasteiger partial charge in [-0.05, 0) is 73.2 Å². The lowest BCUT2D eigenvalue weighted by atomic mass is 9.90. The number of hydrogen-bond acceptors (Lipinski definition) is 7. The standard InChI is InChI=1S/C32H36N6O3.2ClH/c1-21-15-25(27-5-4-14-41-27)16-22(2)26(21)18-37-12-10-32(40,11-13-37)19-38-20-34-28-29(31(38)39)35-36(3)30(28)24-8-6-23(17-33)7-9-24;;/h4-9,14-16,20,40H,10-13,17-19,33H2,1-3H3;2*1H. The molecule has 0 atom stereocenters. The summed E-state index contributed by atoms with van der Waals surface area (Å²) in [5.74, 6) is 0.872. The number of furan rings is 1. The first kappa shape index (κ1) is 32.4. The van der Waals surface area contributed by atoms with Crippen LogP contribution >= 0.6 is 24.8 Å². The van der Waals surface area contributed by atoms with Crippen LogP contribution in [0.25, 0.3) is 33.6 Å². The maximum absolute atomic E-state index is 13.4. The first-order valence-electron chi connectivity index (χ1n) is 14.0. The van der Waals surface area contributed by atoms with E-state index >= 15 is 0 Å². The summed E-state index contributed by atoms with van der Waals surface area (Å²) in [6, 6.07) is 16.1. The highest BCUT2D eigenvalue weighted by molar-refractivity contribution is 5.89. The lowest BCUT2D eigenvalue weighted by molar-refractivity contribution is -0.0365. The van der Waals surface area contributed by atoms with Gasteiger partial charge in [-0.1, -0.05) is 24.3 Å². The van der Waals surface area contributed by atoms with E-state index in [4.69, 9.17) is 10.2 Å². The molecule has 228 valence electrons. The number of aliphatic hydroxyl groups is 1. The molecule has 3 aromatic heterocycles. The Balaban J connectivity index is 0.00000212. The third-order valence-corrected chi connectivity index (χ3v) is 8.41. The summed E-state index contributed by atoms with van der Waals surface area (Å²) in [7, 11) is 1.81. The van der Waals surface area contributed by atoms with Crippen LogP contribution in [-0.4, -0.2) is 48.0 Å². The minimum atomic E-state index is -0.988. The molecular formula is C32H38Cl2N6O3. The summed E-state index contributed by atoms with van der Waals surface area (Å²) in [5.41, 5.74) is 12.9. The molecule has 0 unspecified atom stereocenters. The van der Waals surface area contributed by atoms with Crippen molar-refractivity contribution >= 4 is 35.8 Å². The van der Waals surface area contributed by atoms with Crippen molar-refractivity contribution in [2.75, 3.05) is 13.1 Å². The van der Waals surface area contributed by atoms with E-state index in [-0.39, 0.29) is 36.9 Å². The van der Waals surface area contributed by atoms with Gasteiger partial charge in [0.15, 0.2) is 5.52 Å². The second-order valence-corrected chi connectivity index (χ2v) is 11.3. The number of hydrogen-bond donors (Lipinski definition) is 2. The Hall–Kier alpha value is -3.47. The summed E-state index contributed by atoms with van der Waals surface area (Å²) < 4.78 is 8.78. The summed E-state index contributed by atoms with van der Waals surface area (Å²) in [4.78, 5) is 20.4. The van der Waals surface area contributed by atoms with Gasteiger partial charge >= 0.3 is 0 Å². The Morgan fingerprint density at radius 2 is 1.67 bits per heavy atom. The second kappa shape index (κ2) is 13.0. The molecule has 0 spiro atoms. The molecule has 0 bridgehead atoms. The minimum Gasteiger partial charge on any atom is -0.464 e. The van der Waals surface area contributed by atoms with Crippen LogP contribution < -0.4 is 11.3 Å². The fraction of sp³-hybridized carbons (Fsp3) is 0.344. The van der Waals surface area contributed by atoms with Crippen LogP contribution in [0, 0.1) is 13.8 Å². The molecule has 6 rings (SSSR count). The van der Waals surface area contributed by atoms with Crippen LogP contribution in [0.5, 0.6) is 0 Å². The highest BCUT2D eigenvalue weighted by Crippen LogP contribution is 2.30. The third kappa shape index (κ3) is 6.41. The molecule has 0 saturated carbocycles. The van der Waals surface area contributed by atoms with Crippen LogP contribution in [-0.2, 0) is 26.7 Å². The maximum Gasteiger partial charge on any atom is 0.281 e. The van der Waals surface area contributed by atoms with E-state index in [1.165, 1.54) is 21.3 Å². The predicted octanol–water partition coefficient (Wildman–Crippen LogP) is 5.00. The molecule has 1 fully saturated rings. The monoisotopic (exact) mass is 624 g/mol. The average Bonchev–Trinajstić information content (AvgIpc) is 3.62. The number of aryl methyl sites for hydroxylation is 3. The highest BCUT2D eigenvalue weighted by atomic mass is 35.5. The second-order valence-electron chi connectivity index (χ2n) is 11.3. The zero-order chi connectivity index (χ0) is 28.7. The summed E-state index contributed by atoms with van der Waals surface area (Å²) >= 11 is 0. The number of fused-ring (bicyclic) bond motifs is 1. The SMILES string of the molecule is Cc1cc(-c2ccco2)cc(C)c1CN1CCC(O)(Cn2cnc3c(-c4ccc(CN)cc4)n(C)nc3c2=O)CC1.Cl.Cl. The molecule has 0 radical (unpaired) electrons. The van der Waals surface area contributed by atoms with Gasteiger partial charge in [0.2, 0.25) is 0 Å². The molecule has 9 nitrogen and oxygen atoms in total. The molecule has 4 heterocycles. The molecule has 0 aliphatic carbocycles. The van der Waals surface area contributed by atoms with E-state index in [0.717, 1.165) is 47.8 Å². The first-order valence-corrected chi connectivity index (χ1v) is 14.0. The molecule has 3 N–H and O–H groups in total. The predicted molar refractivity (Wildman–Crippen MR) is 174 cm³/mol. The molecule has 2 aromatic carbocycles. The lowest BCUT2D eigenvalue weighted by Crippen LogP contribution is -2.47. The number of nitrogens with zero attached hydrogens (tertiary/aromatic N) is 5. The Morgan fingerprint density at radius 1 is 1.00 bits per heavy atom. The first-order chi connectivity index (χ1) is 19.7. The zero-order valence-electron chi connectivity index (χ0n) is 24.6. The van der Waals surface area contributed by atoms with Gasteiger partial charge < -0.3 is 15.3 Å². The van der Waals surface area contributed by atoms with Crippen molar-refractivity contribution in [3.63, 3.8) is 0 Å². The van der Waals surface area contributed by atoms with Crippen molar-refractivity contribution in [2.24, 2.45) is 12.8 Å². The smallest absolute Gasteiger partial charge is 0.281 e. The van der Waals surface area contributed by atoms with E-state index in [0.29, 0.717) is 30.4 Å². The summed E-state index contributed by atoms with van der Waals surface area (Å²) in [6.45, 7) is 7.25. The average molecular weight is 626 g/mol. The van der Waals surface area contributed by atoms with Gasteiger partial charge in [0.05, 0.1) is 30.4 Å². The molecule has 11 heteroatoms. The van der Waals surface area contributed by atoms with Gasteiger partial charge in [0.25, 0.3) is 5.56 Å². The van der Waals surface area contributed by atoms with E-state index in [2.05, 4.69) is 41.0 Å². The van der Waals surface area contributed by atoms with Crippen LogP contribution in [0.15, 0.2) is 70.3 Å². The Bertz CT molecular complexity index is 1730. The van der Waals surface area contributed by atoms with Crippen LogP contribution in [0.3, 0.4) is 0 Å². The van der Waals surface area contributed by atoms with E-state index in [9.17, 15) is 9.90 Å². The van der Waals surface area contributed by atoms with Gasteiger partial charge in [-0.25, -0.2) is 4.98 Å². The minimum absolute atomic E-state index is 0.